The van der Waals surface area contributed by atoms with Gasteiger partial charge in [0.15, 0.2) is 0 Å². The second-order valence-corrected chi connectivity index (χ2v) is 7.54. The monoisotopic (exact) mass is 396 g/mol. The molecule has 2 aliphatic rings. The lowest BCUT2D eigenvalue weighted by Crippen LogP contribution is -2.59. The van der Waals surface area contributed by atoms with Gasteiger partial charge in [-0.05, 0) is 31.0 Å². The molecule has 8 nitrogen and oxygen atoms in total. The van der Waals surface area contributed by atoms with E-state index in [1.54, 1.807) is 47.8 Å². The highest BCUT2D eigenvalue weighted by molar-refractivity contribution is 5.94. The number of aromatic nitrogens is 2. The van der Waals surface area contributed by atoms with Gasteiger partial charge in [0.05, 0.1) is 12.2 Å². The van der Waals surface area contributed by atoms with Crippen LogP contribution in [0, 0.1) is 0 Å². The highest BCUT2D eigenvalue weighted by atomic mass is 16.5. The Labute approximate surface area is 168 Å². The minimum atomic E-state index is -0.426. The number of ether oxygens (including phenoxy) is 1. The van der Waals surface area contributed by atoms with Crippen LogP contribution in [-0.4, -0.2) is 69.6 Å². The molecule has 2 aliphatic heterocycles. The minimum Gasteiger partial charge on any atom is -0.371 e. The molecule has 2 amide bonds. The maximum absolute atomic E-state index is 12.7. The summed E-state index contributed by atoms with van der Waals surface area (Å²) < 4.78 is 7.50. The Morgan fingerprint density at radius 3 is 2.52 bits per heavy atom. The molecule has 0 aromatic carbocycles. The maximum atomic E-state index is 12.7. The average molecular weight is 396 g/mol. The Hall–Kier alpha value is -3.00. The van der Waals surface area contributed by atoms with Crippen molar-refractivity contribution in [2.24, 2.45) is 0 Å². The summed E-state index contributed by atoms with van der Waals surface area (Å²) in [4.78, 5) is 44.8. The molecule has 4 rings (SSSR count). The SMILES string of the molecule is O=C(Cn1ccccc1=O)N1CCOC2(CCN(C(=O)c3ccncc3)CC2)C1. The third-order valence-electron chi connectivity index (χ3n) is 5.69. The number of amides is 2. The van der Waals surface area contributed by atoms with Gasteiger partial charge >= 0.3 is 0 Å². The molecule has 2 saturated heterocycles. The van der Waals surface area contributed by atoms with Crippen molar-refractivity contribution >= 4 is 11.8 Å². The van der Waals surface area contributed by atoms with E-state index in [4.69, 9.17) is 4.74 Å². The van der Waals surface area contributed by atoms with Crippen molar-refractivity contribution in [2.45, 2.75) is 25.0 Å². The summed E-state index contributed by atoms with van der Waals surface area (Å²) in [5, 5.41) is 0. The van der Waals surface area contributed by atoms with E-state index < -0.39 is 5.60 Å². The normalized spacial score (nSPS) is 18.6. The number of carbonyl (C=O) groups is 2. The van der Waals surface area contributed by atoms with Gasteiger partial charge in [0.1, 0.15) is 6.54 Å². The van der Waals surface area contributed by atoms with Crippen LogP contribution in [0.1, 0.15) is 23.2 Å². The molecule has 0 N–H and O–H groups in total. The van der Waals surface area contributed by atoms with Crippen molar-refractivity contribution in [3.8, 4) is 0 Å². The molecule has 0 atom stereocenters. The van der Waals surface area contributed by atoms with Gasteiger partial charge in [-0.1, -0.05) is 6.07 Å². The van der Waals surface area contributed by atoms with Crippen LogP contribution in [-0.2, 0) is 16.1 Å². The van der Waals surface area contributed by atoms with Gasteiger partial charge < -0.3 is 19.1 Å². The van der Waals surface area contributed by atoms with Crippen molar-refractivity contribution in [2.75, 3.05) is 32.8 Å². The number of carbonyl (C=O) groups excluding carboxylic acids is 2. The van der Waals surface area contributed by atoms with Crippen LogP contribution in [0.25, 0.3) is 0 Å². The predicted octanol–water partition coefficient (Wildman–Crippen LogP) is 0.777. The van der Waals surface area contributed by atoms with E-state index in [0.717, 1.165) is 0 Å². The largest absolute Gasteiger partial charge is 0.371 e. The van der Waals surface area contributed by atoms with E-state index in [1.807, 2.05) is 4.90 Å². The lowest BCUT2D eigenvalue weighted by Gasteiger charge is -2.47. The summed E-state index contributed by atoms with van der Waals surface area (Å²) >= 11 is 0. The lowest BCUT2D eigenvalue weighted by atomic mass is 9.89. The molecule has 1 spiro atoms. The topological polar surface area (TPSA) is 84.7 Å². The molecule has 0 unspecified atom stereocenters. The summed E-state index contributed by atoms with van der Waals surface area (Å²) in [5.41, 5.74) is 0.0160. The highest BCUT2D eigenvalue weighted by Gasteiger charge is 2.41. The van der Waals surface area contributed by atoms with Gasteiger partial charge in [-0.25, -0.2) is 0 Å². The molecular weight excluding hydrogens is 372 g/mol. The lowest BCUT2D eigenvalue weighted by molar-refractivity contribution is -0.158. The zero-order chi connectivity index (χ0) is 20.3. The van der Waals surface area contributed by atoms with E-state index in [2.05, 4.69) is 4.98 Å². The van der Waals surface area contributed by atoms with E-state index in [0.29, 0.717) is 51.2 Å². The fraction of sp³-hybridized carbons (Fsp3) is 0.429. The van der Waals surface area contributed by atoms with Crippen molar-refractivity contribution in [1.29, 1.82) is 0 Å². The molecule has 0 saturated carbocycles. The van der Waals surface area contributed by atoms with Gasteiger partial charge in [0.2, 0.25) is 5.91 Å². The van der Waals surface area contributed by atoms with Crippen molar-refractivity contribution in [1.82, 2.24) is 19.4 Å². The van der Waals surface area contributed by atoms with Crippen LogP contribution in [0.5, 0.6) is 0 Å². The Bertz CT molecular complexity index is 935. The standard InChI is InChI=1S/C21H24N4O4/c26-18-3-1-2-10-24(18)15-19(27)25-13-14-29-21(16-25)6-11-23(12-7-21)20(28)17-4-8-22-9-5-17/h1-5,8-10H,6-7,11-16H2. The Morgan fingerprint density at radius 1 is 1.03 bits per heavy atom. The molecule has 2 fully saturated rings. The summed E-state index contributed by atoms with van der Waals surface area (Å²) in [6, 6.07) is 8.29. The first kappa shape index (κ1) is 19.3. The number of pyridine rings is 2. The molecule has 2 aromatic rings. The molecular formula is C21H24N4O4. The third-order valence-corrected chi connectivity index (χ3v) is 5.69. The third kappa shape index (κ3) is 4.22. The van der Waals surface area contributed by atoms with Gasteiger partial charge in [-0.3, -0.25) is 19.4 Å². The number of hydrogen-bond donors (Lipinski definition) is 0. The van der Waals surface area contributed by atoms with E-state index in [9.17, 15) is 14.4 Å². The highest BCUT2D eigenvalue weighted by Crippen LogP contribution is 2.30. The fourth-order valence-electron chi connectivity index (χ4n) is 3.99. The Kier molecular flexibility index (Phi) is 5.44. The number of hydrogen-bond acceptors (Lipinski definition) is 5. The van der Waals surface area contributed by atoms with Gasteiger partial charge in [-0.15, -0.1) is 0 Å². The first-order chi connectivity index (χ1) is 14.1. The van der Waals surface area contributed by atoms with Crippen LogP contribution in [0.15, 0.2) is 53.7 Å². The maximum Gasteiger partial charge on any atom is 0.253 e. The number of nitrogens with zero attached hydrogens (tertiary/aromatic N) is 4. The second kappa shape index (κ2) is 8.16. The zero-order valence-electron chi connectivity index (χ0n) is 16.2. The van der Waals surface area contributed by atoms with Gasteiger partial charge in [-0.2, -0.15) is 0 Å². The fourth-order valence-corrected chi connectivity index (χ4v) is 3.99. The summed E-state index contributed by atoms with van der Waals surface area (Å²) in [6.45, 7) is 2.67. The molecule has 29 heavy (non-hydrogen) atoms. The quantitative estimate of drug-likeness (QED) is 0.765. The van der Waals surface area contributed by atoms with Crippen LogP contribution in [0.3, 0.4) is 0 Å². The molecule has 152 valence electrons. The summed E-state index contributed by atoms with van der Waals surface area (Å²) in [6.07, 6.45) is 6.21. The van der Waals surface area contributed by atoms with Crippen molar-refractivity contribution < 1.29 is 14.3 Å². The number of likely N-dealkylation sites (tertiary alicyclic amines) is 1. The number of morpholine rings is 1. The number of piperidine rings is 1. The minimum absolute atomic E-state index is 0.00514. The van der Waals surface area contributed by atoms with Crippen LogP contribution < -0.4 is 5.56 Å². The second-order valence-electron chi connectivity index (χ2n) is 7.54. The summed E-state index contributed by atoms with van der Waals surface area (Å²) in [7, 11) is 0. The van der Waals surface area contributed by atoms with Crippen LogP contribution in [0.2, 0.25) is 0 Å². The van der Waals surface area contributed by atoms with Crippen LogP contribution in [0.4, 0.5) is 0 Å². The number of rotatable bonds is 3. The summed E-state index contributed by atoms with van der Waals surface area (Å²) in [5.74, 6) is -0.0919. The predicted molar refractivity (Wildman–Crippen MR) is 105 cm³/mol. The van der Waals surface area contributed by atoms with E-state index in [1.165, 1.54) is 10.6 Å². The average Bonchev–Trinajstić information content (AvgIpc) is 2.76. The smallest absolute Gasteiger partial charge is 0.253 e. The van der Waals surface area contributed by atoms with Gasteiger partial charge in [0.25, 0.3) is 11.5 Å². The molecule has 4 heterocycles. The Balaban J connectivity index is 1.37. The molecule has 8 heteroatoms. The molecule has 0 radical (unpaired) electrons. The molecule has 2 aromatic heterocycles. The first-order valence-corrected chi connectivity index (χ1v) is 9.83. The zero-order valence-corrected chi connectivity index (χ0v) is 16.2. The van der Waals surface area contributed by atoms with E-state index >= 15 is 0 Å². The van der Waals surface area contributed by atoms with Crippen molar-refractivity contribution in [3.05, 3.63) is 64.8 Å². The first-order valence-electron chi connectivity index (χ1n) is 9.83. The molecule has 0 aliphatic carbocycles. The van der Waals surface area contributed by atoms with Gasteiger partial charge in [0, 0.05) is 56.4 Å². The van der Waals surface area contributed by atoms with Crippen molar-refractivity contribution in [3.63, 3.8) is 0 Å². The van der Waals surface area contributed by atoms with Crippen LogP contribution >= 0.6 is 0 Å². The van der Waals surface area contributed by atoms with E-state index in [-0.39, 0.29) is 23.9 Å². The molecule has 0 bridgehead atoms. The Morgan fingerprint density at radius 2 is 1.79 bits per heavy atom.